The van der Waals surface area contributed by atoms with Crippen molar-refractivity contribution in [3.05, 3.63) is 70.0 Å². The van der Waals surface area contributed by atoms with Gasteiger partial charge >= 0.3 is 5.97 Å². The van der Waals surface area contributed by atoms with Gasteiger partial charge in [0.25, 0.3) is 0 Å². The van der Waals surface area contributed by atoms with Crippen LogP contribution in [-0.2, 0) is 25.7 Å². The molecule has 2 atom stereocenters. The first-order chi connectivity index (χ1) is 16.3. The Bertz CT molecular complexity index is 1160. The van der Waals surface area contributed by atoms with Crippen molar-refractivity contribution >= 4 is 35.2 Å². The molecular weight excluding hydrogens is 456 g/mol. The summed E-state index contributed by atoms with van der Waals surface area (Å²) < 4.78 is 7.16. The van der Waals surface area contributed by atoms with Crippen molar-refractivity contribution in [3.8, 4) is 0 Å². The molecule has 1 aliphatic carbocycles. The Morgan fingerprint density at radius 1 is 1.06 bits per heavy atom. The van der Waals surface area contributed by atoms with E-state index >= 15 is 0 Å². The fraction of sp³-hybridized carbons (Fsp3) is 0.385. The summed E-state index contributed by atoms with van der Waals surface area (Å²) in [7, 11) is 0. The van der Waals surface area contributed by atoms with E-state index in [1.807, 2.05) is 54.8 Å². The molecule has 1 fully saturated rings. The third kappa shape index (κ3) is 4.71. The Morgan fingerprint density at radius 2 is 1.71 bits per heavy atom. The zero-order chi connectivity index (χ0) is 24.4. The van der Waals surface area contributed by atoms with Crippen LogP contribution in [0.15, 0.2) is 42.5 Å². The van der Waals surface area contributed by atoms with Crippen molar-refractivity contribution in [2.45, 2.75) is 39.7 Å². The molecule has 7 nitrogen and oxygen atoms in total. The van der Waals surface area contributed by atoms with Gasteiger partial charge in [-0.15, -0.1) is 0 Å². The third-order valence-electron chi connectivity index (χ3n) is 6.66. The molecule has 0 N–H and O–H groups in total. The molecule has 1 aromatic carbocycles. The average Bonchev–Trinajstić information content (AvgIpc) is 3.25. The molecule has 0 unspecified atom stereocenters. The fourth-order valence-electron chi connectivity index (χ4n) is 4.71. The first kappa shape index (κ1) is 24.0. The summed E-state index contributed by atoms with van der Waals surface area (Å²) in [5, 5.41) is 0.655. The maximum absolute atomic E-state index is 12.7. The van der Waals surface area contributed by atoms with Crippen LogP contribution < -0.4 is 0 Å². The molecule has 1 saturated heterocycles. The fourth-order valence-corrected chi connectivity index (χ4v) is 4.91. The molecule has 0 saturated carbocycles. The third-order valence-corrected chi connectivity index (χ3v) is 7.03. The van der Waals surface area contributed by atoms with E-state index in [-0.39, 0.29) is 42.4 Å². The van der Waals surface area contributed by atoms with E-state index in [0.717, 1.165) is 21.9 Å². The molecule has 2 heterocycles. The number of benzene rings is 1. The van der Waals surface area contributed by atoms with Crippen LogP contribution in [-0.4, -0.2) is 46.2 Å². The van der Waals surface area contributed by atoms with Crippen molar-refractivity contribution in [3.63, 3.8) is 0 Å². The Morgan fingerprint density at radius 3 is 2.35 bits per heavy atom. The van der Waals surface area contributed by atoms with Crippen molar-refractivity contribution in [1.29, 1.82) is 0 Å². The Balaban J connectivity index is 1.32. The van der Waals surface area contributed by atoms with Gasteiger partial charge in [0.05, 0.1) is 18.3 Å². The molecule has 0 radical (unpaired) electrons. The lowest BCUT2D eigenvalue weighted by molar-refractivity contribution is -0.145. The topological polar surface area (TPSA) is 85.7 Å². The number of ether oxygens (including phenoxy) is 1. The van der Waals surface area contributed by atoms with Crippen LogP contribution in [0.25, 0.3) is 0 Å². The van der Waals surface area contributed by atoms with Crippen LogP contribution in [0, 0.1) is 25.7 Å². The molecule has 1 aromatic heterocycles. The van der Waals surface area contributed by atoms with E-state index in [4.69, 9.17) is 16.3 Å². The van der Waals surface area contributed by atoms with Crippen molar-refractivity contribution in [1.82, 2.24) is 9.47 Å². The smallest absolute Gasteiger partial charge is 0.308 e. The van der Waals surface area contributed by atoms with Crippen LogP contribution in [0.1, 0.15) is 46.6 Å². The van der Waals surface area contributed by atoms with Gasteiger partial charge in [-0.05, 0) is 44.4 Å². The zero-order valence-electron chi connectivity index (χ0n) is 19.3. The van der Waals surface area contributed by atoms with Gasteiger partial charge in [-0.1, -0.05) is 42.0 Å². The number of Topliss-reactive ketones (excluding diaryl/α,β-unsaturated/α-hetero) is 1. The van der Waals surface area contributed by atoms with Crippen LogP contribution in [0.5, 0.6) is 0 Å². The lowest BCUT2D eigenvalue weighted by atomic mass is 9.85. The number of esters is 1. The lowest BCUT2D eigenvalue weighted by Crippen LogP contribution is -2.33. The number of fused-ring (bicyclic) bond motifs is 1. The molecule has 8 heteroatoms. The predicted molar refractivity (Wildman–Crippen MR) is 126 cm³/mol. The second kappa shape index (κ2) is 9.97. The predicted octanol–water partition coefficient (Wildman–Crippen LogP) is 3.87. The number of halogens is 1. The van der Waals surface area contributed by atoms with E-state index in [1.165, 1.54) is 0 Å². The SMILES string of the molecule is Cc1cc(C(=O)COC(=O)CCN2C(=O)[C@@H]3CC=CC[C@H]3C2=O)c(C)n1Cc1ccccc1Cl. The average molecular weight is 483 g/mol. The maximum atomic E-state index is 12.7. The van der Waals surface area contributed by atoms with Gasteiger partial charge in [-0.3, -0.25) is 24.1 Å². The Kier molecular flexibility index (Phi) is 7.03. The monoisotopic (exact) mass is 482 g/mol. The Labute approximate surface area is 203 Å². The molecule has 0 spiro atoms. The number of ketones is 1. The first-order valence-corrected chi connectivity index (χ1v) is 11.7. The lowest BCUT2D eigenvalue weighted by Gasteiger charge is -2.14. The van der Waals surface area contributed by atoms with Crippen molar-refractivity contribution < 1.29 is 23.9 Å². The van der Waals surface area contributed by atoms with E-state index in [2.05, 4.69) is 0 Å². The number of hydrogen-bond donors (Lipinski definition) is 0. The van der Waals surface area contributed by atoms with E-state index in [1.54, 1.807) is 6.07 Å². The number of amides is 2. The highest BCUT2D eigenvalue weighted by atomic mass is 35.5. The highest BCUT2D eigenvalue weighted by molar-refractivity contribution is 6.31. The number of imide groups is 1. The van der Waals surface area contributed by atoms with Gasteiger partial charge in [0.2, 0.25) is 17.6 Å². The number of aryl methyl sites for hydroxylation is 1. The molecule has 2 aromatic rings. The minimum atomic E-state index is -0.619. The van der Waals surface area contributed by atoms with Gasteiger partial charge in [0.1, 0.15) is 0 Å². The van der Waals surface area contributed by atoms with Crippen molar-refractivity contribution in [2.24, 2.45) is 11.8 Å². The standard InChI is InChI=1S/C26H27ClN2O5/c1-16-13-21(17(2)29(16)14-18-7-3-6-10-22(18)27)23(30)15-34-24(31)11-12-28-25(32)19-8-4-5-9-20(19)26(28)33/h3-7,10,13,19-20H,8-9,11-12,14-15H2,1-2H3/t19-,20-/m1/s1. The molecule has 0 bridgehead atoms. The van der Waals surface area contributed by atoms with Gasteiger partial charge in [0, 0.05) is 35.1 Å². The Hall–Kier alpha value is -3.19. The number of hydrogen-bond acceptors (Lipinski definition) is 5. The largest absolute Gasteiger partial charge is 0.457 e. The van der Waals surface area contributed by atoms with E-state index < -0.39 is 12.6 Å². The molecule has 2 aliphatic rings. The summed E-state index contributed by atoms with van der Waals surface area (Å²) in [4.78, 5) is 51.1. The van der Waals surface area contributed by atoms with E-state index in [9.17, 15) is 19.2 Å². The molecule has 4 rings (SSSR count). The highest BCUT2D eigenvalue weighted by Gasteiger charge is 2.46. The van der Waals surface area contributed by atoms with Crippen LogP contribution in [0.2, 0.25) is 5.02 Å². The second-order valence-corrected chi connectivity index (χ2v) is 9.19. The zero-order valence-corrected chi connectivity index (χ0v) is 20.0. The molecule has 1 aliphatic heterocycles. The first-order valence-electron chi connectivity index (χ1n) is 11.4. The quantitative estimate of drug-likeness (QED) is 0.247. The number of rotatable bonds is 8. The molecule has 178 valence electrons. The highest BCUT2D eigenvalue weighted by Crippen LogP contribution is 2.35. The molecule has 34 heavy (non-hydrogen) atoms. The summed E-state index contributed by atoms with van der Waals surface area (Å²) >= 11 is 6.28. The summed E-state index contributed by atoms with van der Waals surface area (Å²) in [6.45, 7) is 3.86. The summed E-state index contributed by atoms with van der Waals surface area (Å²) in [5.74, 6) is -2.03. The molecule has 2 amide bonds. The number of carbonyl (C=O) groups excluding carboxylic acids is 4. The second-order valence-electron chi connectivity index (χ2n) is 8.78. The van der Waals surface area contributed by atoms with Gasteiger partial charge in [-0.2, -0.15) is 0 Å². The number of nitrogens with zero attached hydrogens (tertiary/aromatic N) is 2. The van der Waals surface area contributed by atoms with Gasteiger partial charge in [-0.25, -0.2) is 0 Å². The van der Waals surface area contributed by atoms with Crippen LogP contribution in [0.4, 0.5) is 0 Å². The van der Waals surface area contributed by atoms with Crippen LogP contribution >= 0.6 is 11.6 Å². The maximum Gasteiger partial charge on any atom is 0.308 e. The normalized spacial score (nSPS) is 19.4. The van der Waals surface area contributed by atoms with Gasteiger partial charge < -0.3 is 9.30 Å². The minimum absolute atomic E-state index is 0.0238. The summed E-state index contributed by atoms with van der Waals surface area (Å²) in [6.07, 6.45) is 4.81. The number of allylic oxidation sites excluding steroid dienone is 2. The molecular formula is C26H27ClN2O5. The van der Waals surface area contributed by atoms with Crippen molar-refractivity contribution in [2.75, 3.05) is 13.2 Å². The minimum Gasteiger partial charge on any atom is -0.457 e. The summed E-state index contributed by atoms with van der Waals surface area (Å²) in [6, 6.07) is 9.31. The number of aromatic nitrogens is 1. The number of likely N-dealkylation sites (tertiary alicyclic amines) is 1. The number of carbonyl (C=O) groups is 4. The summed E-state index contributed by atoms with van der Waals surface area (Å²) in [5.41, 5.74) is 3.09. The van der Waals surface area contributed by atoms with Gasteiger partial charge in [0.15, 0.2) is 6.61 Å². The van der Waals surface area contributed by atoms with E-state index in [0.29, 0.717) is 30.0 Å². The van der Waals surface area contributed by atoms with Crippen LogP contribution in [0.3, 0.4) is 0 Å².